The molecule has 0 saturated carbocycles. The van der Waals surface area contributed by atoms with Crippen LogP contribution in [0, 0.1) is 11.7 Å². The van der Waals surface area contributed by atoms with Gasteiger partial charge in [-0.3, -0.25) is 4.79 Å². The first-order valence-electron chi connectivity index (χ1n) is 10.2. The normalized spacial score (nSPS) is 14.9. The highest BCUT2D eigenvalue weighted by Gasteiger charge is 2.15. The second-order valence-electron chi connectivity index (χ2n) is 7.64. The van der Waals surface area contributed by atoms with Gasteiger partial charge in [0, 0.05) is 37.4 Å². The SMILES string of the molecule is CC1CCN(c2ccc(NC(=O)CCNCCc3ccc(F)cc3)cc2)CC1. The van der Waals surface area contributed by atoms with Crippen LogP contribution in [0.25, 0.3) is 0 Å². The minimum Gasteiger partial charge on any atom is -0.372 e. The fraction of sp³-hybridized carbons (Fsp3) is 0.435. The quantitative estimate of drug-likeness (QED) is 0.671. The van der Waals surface area contributed by atoms with E-state index >= 15 is 0 Å². The molecule has 1 amide bonds. The smallest absolute Gasteiger partial charge is 0.225 e. The summed E-state index contributed by atoms with van der Waals surface area (Å²) in [5.41, 5.74) is 3.15. The second-order valence-corrected chi connectivity index (χ2v) is 7.64. The summed E-state index contributed by atoms with van der Waals surface area (Å²) in [5.74, 6) is 0.611. The highest BCUT2D eigenvalue weighted by Crippen LogP contribution is 2.24. The fourth-order valence-corrected chi connectivity index (χ4v) is 3.46. The van der Waals surface area contributed by atoms with Crippen LogP contribution in [0.5, 0.6) is 0 Å². The Bertz CT molecular complexity index is 737. The van der Waals surface area contributed by atoms with Gasteiger partial charge in [0.05, 0.1) is 0 Å². The Morgan fingerprint density at radius 1 is 1.04 bits per heavy atom. The lowest BCUT2D eigenvalue weighted by Gasteiger charge is -2.32. The van der Waals surface area contributed by atoms with E-state index in [1.165, 1.54) is 30.7 Å². The average Bonchev–Trinajstić information content (AvgIpc) is 2.70. The van der Waals surface area contributed by atoms with Crippen molar-refractivity contribution in [3.05, 3.63) is 59.9 Å². The number of amides is 1. The number of nitrogens with one attached hydrogen (secondary N) is 2. The number of anilines is 2. The third-order valence-corrected chi connectivity index (χ3v) is 5.33. The van der Waals surface area contributed by atoms with Crippen molar-refractivity contribution in [2.45, 2.75) is 32.6 Å². The maximum absolute atomic E-state index is 12.9. The second kappa shape index (κ2) is 10.2. The number of benzene rings is 2. The van der Waals surface area contributed by atoms with Crippen LogP contribution in [0.2, 0.25) is 0 Å². The minimum atomic E-state index is -0.216. The van der Waals surface area contributed by atoms with E-state index in [2.05, 4.69) is 34.6 Å². The highest BCUT2D eigenvalue weighted by molar-refractivity contribution is 5.91. The topological polar surface area (TPSA) is 44.4 Å². The molecule has 1 saturated heterocycles. The number of hydrogen-bond donors (Lipinski definition) is 2. The van der Waals surface area contributed by atoms with E-state index in [1.807, 2.05) is 12.1 Å². The molecule has 1 fully saturated rings. The van der Waals surface area contributed by atoms with E-state index in [4.69, 9.17) is 0 Å². The van der Waals surface area contributed by atoms with Crippen molar-refractivity contribution in [3.8, 4) is 0 Å². The summed E-state index contributed by atoms with van der Waals surface area (Å²) < 4.78 is 12.9. The molecule has 1 heterocycles. The molecule has 150 valence electrons. The molecule has 2 aromatic carbocycles. The molecular formula is C23H30FN3O. The van der Waals surface area contributed by atoms with Crippen LogP contribution in [-0.4, -0.2) is 32.1 Å². The Morgan fingerprint density at radius 2 is 1.71 bits per heavy atom. The van der Waals surface area contributed by atoms with Crippen molar-refractivity contribution in [2.75, 3.05) is 36.4 Å². The summed E-state index contributed by atoms with van der Waals surface area (Å²) in [6.07, 6.45) is 3.73. The Labute approximate surface area is 167 Å². The van der Waals surface area contributed by atoms with E-state index in [9.17, 15) is 9.18 Å². The third-order valence-electron chi connectivity index (χ3n) is 5.33. The Kier molecular flexibility index (Phi) is 7.43. The van der Waals surface area contributed by atoms with Crippen LogP contribution >= 0.6 is 0 Å². The summed E-state index contributed by atoms with van der Waals surface area (Å²) >= 11 is 0. The molecular weight excluding hydrogens is 353 g/mol. The minimum absolute atomic E-state index is 0.00818. The summed E-state index contributed by atoms with van der Waals surface area (Å²) in [7, 11) is 0. The van der Waals surface area contributed by atoms with Crippen LogP contribution in [0.1, 0.15) is 31.7 Å². The monoisotopic (exact) mass is 383 g/mol. The van der Waals surface area contributed by atoms with Gasteiger partial charge in [-0.15, -0.1) is 0 Å². The summed E-state index contributed by atoms with van der Waals surface area (Å²) in [5, 5.41) is 6.21. The van der Waals surface area contributed by atoms with Crippen molar-refractivity contribution in [3.63, 3.8) is 0 Å². The molecule has 0 aromatic heterocycles. The van der Waals surface area contributed by atoms with E-state index in [-0.39, 0.29) is 11.7 Å². The molecule has 0 spiro atoms. The van der Waals surface area contributed by atoms with Crippen LogP contribution in [0.3, 0.4) is 0 Å². The maximum atomic E-state index is 12.9. The zero-order valence-electron chi connectivity index (χ0n) is 16.6. The molecule has 2 N–H and O–H groups in total. The Balaban J connectivity index is 1.33. The van der Waals surface area contributed by atoms with Gasteiger partial charge in [0.1, 0.15) is 5.82 Å². The number of carbonyl (C=O) groups is 1. The van der Waals surface area contributed by atoms with Crippen molar-refractivity contribution < 1.29 is 9.18 Å². The maximum Gasteiger partial charge on any atom is 0.225 e. The highest BCUT2D eigenvalue weighted by atomic mass is 19.1. The van der Waals surface area contributed by atoms with Crippen LogP contribution < -0.4 is 15.5 Å². The number of nitrogens with zero attached hydrogens (tertiary/aromatic N) is 1. The predicted octanol–water partition coefficient (Wildman–Crippen LogP) is 4.22. The van der Waals surface area contributed by atoms with Gasteiger partial charge in [0.25, 0.3) is 0 Å². The zero-order chi connectivity index (χ0) is 19.8. The van der Waals surface area contributed by atoms with Crippen molar-refractivity contribution >= 4 is 17.3 Å². The lowest BCUT2D eigenvalue weighted by Crippen LogP contribution is -2.32. The van der Waals surface area contributed by atoms with Gasteiger partial charge in [-0.25, -0.2) is 4.39 Å². The fourth-order valence-electron chi connectivity index (χ4n) is 3.46. The largest absolute Gasteiger partial charge is 0.372 e. The van der Waals surface area contributed by atoms with E-state index in [0.29, 0.717) is 13.0 Å². The molecule has 0 unspecified atom stereocenters. The molecule has 0 bridgehead atoms. The van der Waals surface area contributed by atoms with Crippen LogP contribution in [0.15, 0.2) is 48.5 Å². The molecule has 1 aliphatic rings. The van der Waals surface area contributed by atoms with Crippen molar-refractivity contribution in [2.24, 2.45) is 5.92 Å². The first-order chi connectivity index (χ1) is 13.6. The lowest BCUT2D eigenvalue weighted by molar-refractivity contribution is -0.116. The molecule has 2 aromatic rings. The van der Waals surface area contributed by atoms with Gasteiger partial charge in [-0.2, -0.15) is 0 Å². The van der Waals surface area contributed by atoms with E-state index < -0.39 is 0 Å². The van der Waals surface area contributed by atoms with Gasteiger partial charge in [-0.1, -0.05) is 19.1 Å². The standard InChI is InChI=1S/C23H30FN3O/c1-18-12-16-27(17-13-18)22-8-6-21(7-9-22)26-23(28)11-15-25-14-10-19-2-4-20(24)5-3-19/h2-9,18,25H,10-17H2,1H3,(H,26,28). The summed E-state index contributed by atoms with van der Waals surface area (Å²) in [6, 6.07) is 14.7. The molecule has 28 heavy (non-hydrogen) atoms. The van der Waals surface area contributed by atoms with Gasteiger partial charge >= 0.3 is 0 Å². The number of halogens is 1. The van der Waals surface area contributed by atoms with Gasteiger partial charge in [0.2, 0.25) is 5.91 Å². The summed E-state index contributed by atoms with van der Waals surface area (Å²) in [6.45, 7) is 5.92. The molecule has 0 radical (unpaired) electrons. The predicted molar refractivity (Wildman–Crippen MR) is 113 cm³/mol. The zero-order valence-corrected chi connectivity index (χ0v) is 16.6. The molecule has 0 aliphatic carbocycles. The number of hydrogen-bond acceptors (Lipinski definition) is 3. The van der Waals surface area contributed by atoms with Gasteiger partial charge in [0.15, 0.2) is 0 Å². The molecule has 1 aliphatic heterocycles. The number of carbonyl (C=O) groups excluding carboxylic acids is 1. The van der Waals surface area contributed by atoms with Crippen molar-refractivity contribution in [1.29, 1.82) is 0 Å². The first-order valence-corrected chi connectivity index (χ1v) is 10.2. The average molecular weight is 384 g/mol. The number of rotatable bonds is 8. The van der Waals surface area contributed by atoms with Crippen molar-refractivity contribution in [1.82, 2.24) is 5.32 Å². The summed E-state index contributed by atoms with van der Waals surface area (Å²) in [4.78, 5) is 14.5. The van der Waals surface area contributed by atoms with Gasteiger partial charge in [-0.05, 0) is 73.7 Å². The molecule has 3 rings (SSSR count). The Morgan fingerprint density at radius 3 is 2.39 bits per heavy atom. The van der Waals surface area contributed by atoms with Crippen LogP contribution in [-0.2, 0) is 11.2 Å². The molecule has 0 atom stereocenters. The van der Waals surface area contributed by atoms with Crippen LogP contribution in [0.4, 0.5) is 15.8 Å². The number of piperidine rings is 1. The first kappa shape index (κ1) is 20.3. The van der Waals surface area contributed by atoms with Gasteiger partial charge < -0.3 is 15.5 Å². The molecule has 4 nitrogen and oxygen atoms in total. The third kappa shape index (κ3) is 6.34. The molecule has 5 heteroatoms. The lowest BCUT2D eigenvalue weighted by atomic mass is 9.99. The Hall–Kier alpha value is -2.40. The van der Waals surface area contributed by atoms with E-state index in [0.717, 1.165) is 43.2 Å². The van der Waals surface area contributed by atoms with E-state index in [1.54, 1.807) is 12.1 Å².